The van der Waals surface area contributed by atoms with E-state index in [1.807, 2.05) is 13.0 Å². The van der Waals surface area contributed by atoms with Crippen molar-refractivity contribution in [3.63, 3.8) is 0 Å². The van der Waals surface area contributed by atoms with Gasteiger partial charge in [-0.25, -0.2) is 23.1 Å². The average molecular weight is 323 g/mol. The fourth-order valence-corrected chi connectivity index (χ4v) is 2.58. The second kappa shape index (κ2) is 5.72. The molecule has 0 atom stereocenters. The zero-order valence-electron chi connectivity index (χ0n) is 13.8. The summed E-state index contributed by atoms with van der Waals surface area (Å²) in [6, 6.07) is 2.64. The molecule has 2 aromatic rings. The molecule has 0 N–H and O–H groups in total. The van der Waals surface area contributed by atoms with E-state index in [0.717, 1.165) is 27.2 Å². The van der Waals surface area contributed by atoms with E-state index in [4.69, 9.17) is 0 Å². The Labute approximate surface area is 132 Å². The summed E-state index contributed by atoms with van der Waals surface area (Å²) in [5.74, 6) is -3.10. The third-order valence-corrected chi connectivity index (χ3v) is 3.84. The molecule has 0 saturated carbocycles. The van der Waals surface area contributed by atoms with Gasteiger partial charge in [-0.1, -0.05) is 13.0 Å². The molecule has 2 heterocycles. The van der Waals surface area contributed by atoms with E-state index in [9.17, 15) is 18.4 Å². The van der Waals surface area contributed by atoms with Crippen LogP contribution in [-0.2, 0) is 19.4 Å². The minimum atomic E-state index is -3.28. The van der Waals surface area contributed by atoms with Gasteiger partial charge in [-0.2, -0.15) is 0 Å². The number of hydrogen-bond acceptors (Lipinski definition) is 3. The van der Waals surface area contributed by atoms with Gasteiger partial charge < -0.3 is 0 Å². The monoisotopic (exact) mass is 323 g/mol. The molecule has 0 aliphatic heterocycles. The molecule has 0 aliphatic carbocycles. The maximum atomic E-state index is 13.5. The van der Waals surface area contributed by atoms with Crippen molar-refractivity contribution in [3.8, 4) is 5.82 Å². The fourth-order valence-electron chi connectivity index (χ4n) is 2.58. The van der Waals surface area contributed by atoms with Crippen molar-refractivity contribution in [2.75, 3.05) is 0 Å². The molecule has 5 nitrogen and oxygen atoms in total. The Bertz CT molecular complexity index is 877. The van der Waals surface area contributed by atoms with Gasteiger partial charge in [0.05, 0.1) is 5.69 Å². The van der Waals surface area contributed by atoms with Crippen molar-refractivity contribution in [3.05, 3.63) is 55.5 Å². The van der Waals surface area contributed by atoms with Crippen LogP contribution in [0.1, 0.15) is 36.4 Å². The Morgan fingerprint density at radius 1 is 1.22 bits per heavy atom. The van der Waals surface area contributed by atoms with Crippen LogP contribution in [0.5, 0.6) is 0 Å². The molecule has 0 aliphatic rings. The van der Waals surface area contributed by atoms with E-state index in [2.05, 4.69) is 4.98 Å². The molecule has 124 valence electrons. The summed E-state index contributed by atoms with van der Waals surface area (Å²) >= 11 is 0. The minimum Gasteiger partial charge on any atom is -0.294 e. The maximum absolute atomic E-state index is 13.5. The van der Waals surface area contributed by atoms with Gasteiger partial charge in [0.25, 0.3) is 11.5 Å². The fraction of sp³-hybridized carbons (Fsp3) is 0.438. The highest BCUT2D eigenvalue weighted by molar-refractivity contribution is 5.38. The van der Waals surface area contributed by atoms with Gasteiger partial charge in [0.2, 0.25) is 0 Å². The minimum absolute atomic E-state index is 0.177. The summed E-state index contributed by atoms with van der Waals surface area (Å²) < 4.78 is 28.7. The first kappa shape index (κ1) is 17.1. The van der Waals surface area contributed by atoms with E-state index in [1.54, 1.807) is 13.8 Å². The Hall–Kier alpha value is -2.31. The van der Waals surface area contributed by atoms with Crippen molar-refractivity contribution in [2.24, 2.45) is 7.05 Å². The SMILES string of the molecule is CCc1cc(C)c(-n2c(=O)cc(C(C)(F)F)n(C)c2=O)nc1C. The van der Waals surface area contributed by atoms with Crippen molar-refractivity contribution in [1.29, 1.82) is 0 Å². The second-order valence-corrected chi connectivity index (χ2v) is 5.66. The van der Waals surface area contributed by atoms with Gasteiger partial charge in [0.15, 0.2) is 0 Å². The van der Waals surface area contributed by atoms with Gasteiger partial charge in [0, 0.05) is 25.7 Å². The first-order chi connectivity index (χ1) is 10.6. The Kier molecular flexibility index (Phi) is 4.24. The van der Waals surface area contributed by atoms with Crippen molar-refractivity contribution in [2.45, 2.75) is 40.0 Å². The molecule has 2 rings (SSSR count). The van der Waals surface area contributed by atoms with Crippen LogP contribution < -0.4 is 11.2 Å². The zero-order valence-corrected chi connectivity index (χ0v) is 13.8. The van der Waals surface area contributed by atoms with Crippen LogP contribution in [0.4, 0.5) is 8.78 Å². The smallest absolute Gasteiger partial charge is 0.294 e. The zero-order chi connectivity index (χ0) is 17.5. The summed E-state index contributed by atoms with van der Waals surface area (Å²) in [7, 11) is 1.22. The van der Waals surface area contributed by atoms with E-state index >= 15 is 0 Å². The van der Waals surface area contributed by atoms with Crippen LogP contribution in [0.2, 0.25) is 0 Å². The van der Waals surface area contributed by atoms with Crippen LogP contribution in [0.3, 0.4) is 0 Å². The quantitative estimate of drug-likeness (QED) is 0.870. The van der Waals surface area contributed by atoms with Crippen LogP contribution in [-0.4, -0.2) is 14.1 Å². The van der Waals surface area contributed by atoms with Crippen LogP contribution in [0.25, 0.3) is 5.82 Å². The molecule has 2 aromatic heterocycles. The highest BCUT2D eigenvalue weighted by atomic mass is 19.3. The molecule has 0 amide bonds. The maximum Gasteiger partial charge on any atom is 0.337 e. The van der Waals surface area contributed by atoms with Gasteiger partial charge in [-0.15, -0.1) is 0 Å². The predicted molar refractivity (Wildman–Crippen MR) is 83.5 cm³/mol. The molecule has 0 radical (unpaired) electrons. The van der Waals surface area contributed by atoms with Gasteiger partial charge >= 0.3 is 5.69 Å². The summed E-state index contributed by atoms with van der Waals surface area (Å²) in [6.07, 6.45) is 0.772. The average Bonchev–Trinajstić information content (AvgIpc) is 2.45. The molecule has 0 bridgehead atoms. The number of aromatic nitrogens is 3. The van der Waals surface area contributed by atoms with Crippen LogP contribution in [0.15, 0.2) is 21.7 Å². The largest absolute Gasteiger partial charge is 0.337 e. The molecular formula is C16H19F2N3O2. The van der Waals surface area contributed by atoms with Crippen molar-refractivity contribution < 1.29 is 8.78 Å². The first-order valence-electron chi connectivity index (χ1n) is 7.26. The standard InChI is InChI=1S/C16H19F2N3O2/c1-6-11-7-9(2)14(19-10(11)3)21-13(22)8-12(16(4,17)18)20(5)15(21)23/h7-8H,6H2,1-5H3. The molecule has 0 saturated heterocycles. The van der Waals surface area contributed by atoms with Crippen molar-refractivity contribution in [1.82, 2.24) is 14.1 Å². The van der Waals surface area contributed by atoms with E-state index in [1.165, 1.54) is 7.05 Å². The number of aryl methyl sites for hydroxylation is 3. The van der Waals surface area contributed by atoms with Gasteiger partial charge in [0.1, 0.15) is 5.82 Å². The third kappa shape index (κ3) is 2.95. The number of rotatable bonds is 3. The predicted octanol–water partition coefficient (Wildman–Crippen LogP) is 2.22. The van der Waals surface area contributed by atoms with Gasteiger partial charge in [-0.3, -0.25) is 9.36 Å². The summed E-state index contributed by atoms with van der Waals surface area (Å²) in [5.41, 5.74) is 0.0721. The number of alkyl halides is 2. The van der Waals surface area contributed by atoms with Crippen LogP contribution >= 0.6 is 0 Å². The van der Waals surface area contributed by atoms with E-state index in [-0.39, 0.29) is 5.82 Å². The van der Waals surface area contributed by atoms with Gasteiger partial charge in [-0.05, 0) is 31.4 Å². The van der Waals surface area contributed by atoms with Crippen LogP contribution in [0, 0.1) is 13.8 Å². The molecule has 0 unspecified atom stereocenters. The molecule has 23 heavy (non-hydrogen) atoms. The Balaban J connectivity index is 2.82. The number of halogens is 2. The first-order valence-corrected chi connectivity index (χ1v) is 7.26. The lowest BCUT2D eigenvalue weighted by Gasteiger charge is -2.17. The molecule has 0 fully saturated rings. The Morgan fingerprint density at radius 3 is 2.35 bits per heavy atom. The molecule has 0 spiro atoms. The summed E-state index contributed by atoms with van der Waals surface area (Å²) in [5, 5.41) is 0. The van der Waals surface area contributed by atoms with Crippen molar-refractivity contribution >= 4 is 0 Å². The molecule has 7 heteroatoms. The highest BCUT2D eigenvalue weighted by Crippen LogP contribution is 2.24. The number of hydrogen-bond donors (Lipinski definition) is 0. The van der Waals surface area contributed by atoms with E-state index < -0.39 is 22.9 Å². The lowest BCUT2D eigenvalue weighted by atomic mass is 10.1. The second-order valence-electron chi connectivity index (χ2n) is 5.66. The summed E-state index contributed by atoms with van der Waals surface area (Å²) in [6.45, 7) is 6.14. The highest BCUT2D eigenvalue weighted by Gasteiger charge is 2.29. The lowest BCUT2D eigenvalue weighted by molar-refractivity contribution is 0.00825. The Morgan fingerprint density at radius 2 is 1.83 bits per heavy atom. The lowest BCUT2D eigenvalue weighted by Crippen LogP contribution is -2.41. The van der Waals surface area contributed by atoms with E-state index in [0.29, 0.717) is 18.2 Å². The number of pyridine rings is 1. The molecule has 0 aromatic carbocycles. The topological polar surface area (TPSA) is 56.9 Å². The summed E-state index contributed by atoms with van der Waals surface area (Å²) in [4.78, 5) is 29.0. The third-order valence-electron chi connectivity index (χ3n) is 3.84. The molecular weight excluding hydrogens is 304 g/mol. The normalized spacial score (nSPS) is 11.8. The number of nitrogens with zero attached hydrogens (tertiary/aromatic N) is 3.